The van der Waals surface area contributed by atoms with Crippen molar-refractivity contribution < 1.29 is 4.79 Å². The predicted molar refractivity (Wildman–Crippen MR) is 108 cm³/mol. The van der Waals surface area contributed by atoms with Gasteiger partial charge in [0.25, 0.3) is 11.5 Å². The molecule has 0 unspecified atom stereocenters. The van der Waals surface area contributed by atoms with Gasteiger partial charge in [0, 0.05) is 24.0 Å². The first-order valence-corrected chi connectivity index (χ1v) is 10.1. The molecular formula is C18H20N8O2S. The second-order valence-corrected chi connectivity index (χ2v) is 7.81. The Labute approximate surface area is 169 Å². The zero-order valence-corrected chi connectivity index (χ0v) is 16.6. The maximum atomic E-state index is 12.3. The van der Waals surface area contributed by atoms with Gasteiger partial charge in [-0.1, -0.05) is 5.21 Å². The Morgan fingerprint density at radius 3 is 2.97 bits per heavy atom. The number of aryl methyl sites for hydroxylation is 4. The molecule has 0 saturated heterocycles. The minimum absolute atomic E-state index is 0.0856. The summed E-state index contributed by atoms with van der Waals surface area (Å²) >= 11 is 1.47. The molecule has 4 heterocycles. The molecule has 29 heavy (non-hydrogen) atoms. The lowest BCUT2D eigenvalue weighted by atomic mass is 10.1. The largest absolute Gasteiger partial charge is 0.351 e. The van der Waals surface area contributed by atoms with E-state index in [9.17, 15) is 9.59 Å². The Morgan fingerprint density at radius 1 is 1.24 bits per heavy atom. The maximum absolute atomic E-state index is 12.3. The number of aromatic amines is 3. The van der Waals surface area contributed by atoms with Gasteiger partial charge >= 0.3 is 0 Å². The van der Waals surface area contributed by atoms with Gasteiger partial charge in [0.1, 0.15) is 11.5 Å². The number of carbonyl (C=O) groups is 1. The van der Waals surface area contributed by atoms with Crippen molar-refractivity contribution in [2.45, 2.75) is 32.6 Å². The fourth-order valence-electron chi connectivity index (χ4n) is 3.13. The first-order valence-electron chi connectivity index (χ1n) is 9.26. The number of fused-ring (bicyclic) bond motifs is 1. The number of tetrazole rings is 1. The Kier molecular flexibility index (Phi) is 5.47. The summed E-state index contributed by atoms with van der Waals surface area (Å²) < 4.78 is 0. The van der Waals surface area contributed by atoms with Gasteiger partial charge in [-0.05, 0) is 43.9 Å². The van der Waals surface area contributed by atoms with E-state index in [4.69, 9.17) is 0 Å². The molecule has 0 bridgehead atoms. The van der Waals surface area contributed by atoms with Crippen molar-refractivity contribution in [3.8, 4) is 0 Å². The Morgan fingerprint density at radius 2 is 2.14 bits per heavy atom. The van der Waals surface area contributed by atoms with Crippen molar-refractivity contribution in [2.75, 3.05) is 6.54 Å². The molecule has 4 aromatic rings. The number of aromatic nitrogens is 7. The first kappa shape index (κ1) is 19.0. The molecule has 11 heteroatoms. The average Bonchev–Trinajstić information content (AvgIpc) is 3.43. The van der Waals surface area contributed by atoms with Crippen LogP contribution in [0.4, 0.5) is 0 Å². The molecular weight excluding hydrogens is 392 g/mol. The van der Waals surface area contributed by atoms with E-state index in [1.807, 2.05) is 18.3 Å². The van der Waals surface area contributed by atoms with Gasteiger partial charge < -0.3 is 15.3 Å². The zero-order valence-electron chi connectivity index (χ0n) is 15.8. The van der Waals surface area contributed by atoms with Crippen LogP contribution in [0.15, 0.2) is 23.1 Å². The smallest absolute Gasteiger partial charge is 0.261 e. The van der Waals surface area contributed by atoms with Crippen molar-refractivity contribution in [3.63, 3.8) is 0 Å². The summed E-state index contributed by atoms with van der Waals surface area (Å²) in [6.07, 6.45) is 4.67. The van der Waals surface area contributed by atoms with Crippen LogP contribution in [-0.2, 0) is 19.3 Å². The van der Waals surface area contributed by atoms with Crippen LogP contribution in [0.5, 0.6) is 0 Å². The molecule has 0 aliphatic rings. The van der Waals surface area contributed by atoms with E-state index in [-0.39, 0.29) is 11.5 Å². The van der Waals surface area contributed by atoms with Gasteiger partial charge in [0.15, 0.2) is 5.82 Å². The summed E-state index contributed by atoms with van der Waals surface area (Å²) in [4.78, 5) is 36.4. The zero-order chi connectivity index (χ0) is 20.2. The lowest BCUT2D eigenvalue weighted by Gasteiger charge is -2.02. The fraction of sp³-hybridized carbons (Fsp3) is 0.333. The Bertz CT molecular complexity index is 1170. The molecule has 150 valence electrons. The van der Waals surface area contributed by atoms with Crippen LogP contribution < -0.4 is 10.9 Å². The molecule has 4 aromatic heterocycles. The van der Waals surface area contributed by atoms with Crippen LogP contribution in [0.2, 0.25) is 0 Å². The number of rotatable bonds is 8. The van der Waals surface area contributed by atoms with Gasteiger partial charge in [-0.3, -0.25) is 9.59 Å². The molecule has 0 saturated carbocycles. The third-order valence-corrected chi connectivity index (χ3v) is 5.66. The van der Waals surface area contributed by atoms with Crippen LogP contribution in [0.25, 0.3) is 11.0 Å². The van der Waals surface area contributed by atoms with E-state index >= 15 is 0 Å². The second-order valence-electron chi connectivity index (χ2n) is 6.64. The van der Waals surface area contributed by atoms with Crippen molar-refractivity contribution >= 4 is 28.3 Å². The van der Waals surface area contributed by atoms with E-state index in [1.165, 1.54) is 11.3 Å². The highest BCUT2D eigenvalue weighted by Crippen LogP contribution is 2.20. The molecule has 1 amide bonds. The highest BCUT2D eigenvalue weighted by molar-refractivity contribution is 7.14. The van der Waals surface area contributed by atoms with Crippen LogP contribution >= 0.6 is 11.3 Å². The van der Waals surface area contributed by atoms with Crippen molar-refractivity contribution in [2.24, 2.45) is 0 Å². The van der Waals surface area contributed by atoms with E-state index in [2.05, 4.69) is 40.9 Å². The molecule has 4 N–H and O–H groups in total. The highest BCUT2D eigenvalue weighted by Gasteiger charge is 2.12. The number of nitrogens with zero attached hydrogens (tertiary/aromatic N) is 4. The number of amides is 1. The highest BCUT2D eigenvalue weighted by atomic mass is 32.1. The Balaban J connectivity index is 1.31. The lowest BCUT2D eigenvalue weighted by Crippen LogP contribution is -2.23. The summed E-state index contributed by atoms with van der Waals surface area (Å²) in [7, 11) is 0. The minimum atomic E-state index is -0.129. The SMILES string of the molecule is Cc1nc2[nH]cc(CCc3ccc(C(=O)NCCCc4nn[nH]n4)s3)c2c(=O)[nH]1. The van der Waals surface area contributed by atoms with Crippen LogP contribution in [0.3, 0.4) is 0 Å². The number of H-pyrrole nitrogens is 3. The molecule has 10 nitrogen and oxygen atoms in total. The van der Waals surface area contributed by atoms with Crippen molar-refractivity contribution in [3.05, 3.63) is 55.6 Å². The third kappa shape index (κ3) is 4.40. The number of thiophene rings is 1. The summed E-state index contributed by atoms with van der Waals surface area (Å²) in [5.74, 6) is 1.14. The lowest BCUT2D eigenvalue weighted by molar-refractivity contribution is 0.0957. The number of hydrogen-bond donors (Lipinski definition) is 4. The molecule has 0 aliphatic heterocycles. The predicted octanol–water partition coefficient (Wildman–Crippen LogP) is 1.28. The van der Waals surface area contributed by atoms with Gasteiger partial charge in [0.05, 0.1) is 10.3 Å². The normalized spacial score (nSPS) is 11.2. The van der Waals surface area contributed by atoms with Crippen molar-refractivity contribution in [1.29, 1.82) is 0 Å². The third-order valence-electron chi connectivity index (χ3n) is 4.52. The average molecular weight is 412 g/mol. The van der Waals surface area contributed by atoms with Crippen LogP contribution in [0.1, 0.15) is 38.2 Å². The molecule has 0 fully saturated rings. The molecule has 0 radical (unpaired) electrons. The number of hydrogen-bond acceptors (Lipinski definition) is 7. The topological polar surface area (TPSA) is 145 Å². The number of carbonyl (C=O) groups excluding carboxylic acids is 1. The van der Waals surface area contributed by atoms with Gasteiger partial charge in [-0.2, -0.15) is 5.21 Å². The van der Waals surface area contributed by atoms with E-state index < -0.39 is 0 Å². The molecule has 4 rings (SSSR count). The van der Waals surface area contributed by atoms with Gasteiger partial charge in [-0.25, -0.2) is 4.98 Å². The van der Waals surface area contributed by atoms with Gasteiger partial charge in [0.2, 0.25) is 0 Å². The van der Waals surface area contributed by atoms with E-state index in [1.54, 1.807) is 6.92 Å². The second kappa shape index (κ2) is 8.35. The molecule has 0 spiro atoms. The molecule has 0 aromatic carbocycles. The summed E-state index contributed by atoms with van der Waals surface area (Å²) in [6.45, 7) is 2.30. The summed E-state index contributed by atoms with van der Waals surface area (Å²) in [5, 5.41) is 17.2. The fourth-order valence-corrected chi connectivity index (χ4v) is 4.05. The minimum Gasteiger partial charge on any atom is -0.351 e. The van der Waals surface area contributed by atoms with Crippen molar-refractivity contribution in [1.82, 2.24) is 40.9 Å². The monoisotopic (exact) mass is 412 g/mol. The van der Waals surface area contributed by atoms with Crippen LogP contribution in [0, 0.1) is 6.92 Å². The number of nitrogens with one attached hydrogen (secondary N) is 4. The van der Waals surface area contributed by atoms with Crippen LogP contribution in [-0.4, -0.2) is 48.0 Å². The van der Waals surface area contributed by atoms with E-state index in [0.29, 0.717) is 46.9 Å². The first-order chi connectivity index (χ1) is 14.1. The Hall–Kier alpha value is -3.34. The molecule has 0 atom stereocenters. The quantitative estimate of drug-likeness (QED) is 0.321. The maximum Gasteiger partial charge on any atom is 0.261 e. The van der Waals surface area contributed by atoms with E-state index in [0.717, 1.165) is 23.3 Å². The standard InChI is InChI=1S/C18H20N8O2S/c1-10-21-16-15(18(28)22-10)11(9-20-16)4-5-12-6-7-13(29-12)17(27)19-8-2-3-14-23-25-26-24-14/h6-7,9H,2-5,8H2,1H3,(H,19,27)(H2,20,21,22,28)(H,23,24,25,26). The molecule has 0 aliphatic carbocycles. The summed E-state index contributed by atoms with van der Waals surface area (Å²) in [6, 6.07) is 3.79. The van der Waals surface area contributed by atoms with Gasteiger partial charge in [-0.15, -0.1) is 21.5 Å². The summed E-state index contributed by atoms with van der Waals surface area (Å²) in [5.41, 5.74) is 1.40.